The zero-order valence-electron chi connectivity index (χ0n) is 13.3. The molecular weight excluding hydrogens is 311 g/mol. The number of ether oxygens (including phenoxy) is 1. The molecule has 5 nitrogen and oxygen atoms in total. The number of hydrogen-bond donors (Lipinski definition) is 2. The molecule has 0 unspecified atom stereocenters. The average Bonchev–Trinajstić information content (AvgIpc) is 2.53. The molecule has 0 saturated carbocycles. The molecule has 6 heteroatoms. The second-order valence-corrected chi connectivity index (χ2v) is 5.33. The van der Waals surface area contributed by atoms with Crippen LogP contribution < -0.4 is 16.2 Å². The second-order valence-electron chi connectivity index (χ2n) is 5.33. The molecule has 2 aromatic carbocycles. The van der Waals surface area contributed by atoms with Gasteiger partial charge in [0.05, 0.1) is 6.61 Å². The van der Waals surface area contributed by atoms with Crippen molar-refractivity contribution >= 4 is 11.8 Å². The Morgan fingerprint density at radius 1 is 1.08 bits per heavy atom. The standard InChI is InChI=1S/C18H19FN2O3/c1-2-3-7-24-13-9-11(8-12(19)10-13)16-14(17(20)22)5-4-6-15(16)18(21)23/h4-6,8-10H,2-3,7H2,1H3,(H2,20,22)(H2,21,23). The molecule has 0 aliphatic rings. The largest absolute Gasteiger partial charge is 0.493 e. The topological polar surface area (TPSA) is 95.4 Å². The lowest BCUT2D eigenvalue weighted by Gasteiger charge is -2.13. The van der Waals surface area contributed by atoms with Gasteiger partial charge in [0, 0.05) is 22.8 Å². The summed E-state index contributed by atoms with van der Waals surface area (Å²) in [5.41, 5.74) is 11.5. The molecule has 0 spiro atoms. The SMILES string of the molecule is CCCCOc1cc(F)cc(-c2c(C(N)=O)cccc2C(N)=O)c1. The first-order valence-corrected chi connectivity index (χ1v) is 7.60. The zero-order valence-corrected chi connectivity index (χ0v) is 13.3. The van der Waals surface area contributed by atoms with Gasteiger partial charge in [0.1, 0.15) is 11.6 Å². The number of amides is 2. The minimum Gasteiger partial charge on any atom is -0.493 e. The molecule has 0 bridgehead atoms. The molecule has 0 saturated heterocycles. The summed E-state index contributed by atoms with van der Waals surface area (Å²) >= 11 is 0. The van der Waals surface area contributed by atoms with E-state index in [-0.39, 0.29) is 16.7 Å². The number of unbranched alkanes of at least 4 members (excludes halogenated alkanes) is 1. The number of primary amides is 2. The fourth-order valence-electron chi connectivity index (χ4n) is 2.40. The van der Waals surface area contributed by atoms with Gasteiger partial charge in [-0.3, -0.25) is 9.59 Å². The molecule has 0 aliphatic heterocycles. The van der Waals surface area contributed by atoms with Crippen molar-refractivity contribution in [2.24, 2.45) is 11.5 Å². The Balaban J connectivity index is 2.58. The molecule has 2 amide bonds. The van der Waals surface area contributed by atoms with Gasteiger partial charge in [-0.15, -0.1) is 0 Å². The number of halogens is 1. The first-order valence-electron chi connectivity index (χ1n) is 7.60. The monoisotopic (exact) mass is 330 g/mol. The van der Waals surface area contributed by atoms with E-state index in [1.165, 1.54) is 30.3 Å². The Morgan fingerprint density at radius 2 is 1.71 bits per heavy atom. The van der Waals surface area contributed by atoms with E-state index >= 15 is 0 Å². The highest BCUT2D eigenvalue weighted by atomic mass is 19.1. The fourth-order valence-corrected chi connectivity index (χ4v) is 2.40. The lowest BCUT2D eigenvalue weighted by molar-refractivity contribution is 0.0999. The number of carbonyl (C=O) groups is 2. The fraction of sp³-hybridized carbons (Fsp3) is 0.222. The predicted molar refractivity (Wildman–Crippen MR) is 89.3 cm³/mol. The van der Waals surface area contributed by atoms with E-state index in [1.54, 1.807) is 6.07 Å². The molecule has 0 aliphatic carbocycles. The summed E-state index contributed by atoms with van der Waals surface area (Å²) in [5, 5.41) is 0. The number of rotatable bonds is 7. The van der Waals surface area contributed by atoms with Crippen molar-refractivity contribution in [2.75, 3.05) is 6.61 Å². The van der Waals surface area contributed by atoms with Crippen LogP contribution in [0.25, 0.3) is 11.1 Å². The van der Waals surface area contributed by atoms with Gasteiger partial charge in [-0.1, -0.05) is 19.4 Å². The summed E-state index contributed by atoms with van der Waals surface area (Å²) in [5.74, 6) is -1.70. The third kappa shape index (κ3) is 3.90. The molecule has 0 heterocycles. The van der Waals surface area contributed by atoms with Gasteiger partial charge in [0.15, 0.2) is 0 Å². The van der Waals surface area contributed by atoms with Crippen LogP contribution in [0.2, 0.25) is 0 Å². The molecule has 24 heavy (non-hydrogen) atoms. The van der Waals surface area contributed by atoms with Gasteiger partial charge in [0.2, 0.25) is 11.8 Å². The van der Waals surface area contributed by atoms with Gasteiger partial charge >= 0.3 is 0 Å². The first-order chi connectivity index (χ1) is 11.4. The third-order valence-corrected chi connectivity index (χ3v) is 3.52. The average molecular weight is 330 g/mol. The Hall–Kier alpha value is -2.89. The van der Waals surface area contributed by atoms with Gasteiger partial charge in [-0.05, 0) is 36.2 Å². The predicted octanol–water partition coefficient (Wildman–Crippen LogP) is 2.87. The maximum absolute atomic E-state index is 14.0. The van der Waals surface area contributed by atoms with Crippen LogP contribution in [0.5, 0.6) is 5.75 Å². The van der Waals surface area contributed by atoms with Crippen LogP contribution in [0, 0.1) is 5.82 Å². The number of hydrogen-bond acceptors (Lipinski definition) is 3. The Morgan fingerprint density at radius 3 is 2.25 bits per heavy atom. The van der Waals surface area contributed by atoms with E-state index in [2.05, 4.69) is 0 Å². The lowest BCUT2D eigenvalue weighted by Crippen LogP contribution is -2.18. The van der Waals surface area contributed by atoms with E-state index in [1.807, 2.05) is 6.92 Å². The van der Waals surface area contributed by atoms with E-state index in [9.17, 15) is 14.0 Å². The number of carbonyl (C=O) groups excluding carboxylic acids is 2. The van der Waals surface area contributed by atoms with E-state index in [0.29, 0.717) is 17.9 Å². The van der Waals surface area contributed by atoms with Crippen LogP contribution in [0.1, 0.15) is 40.5 Å². The third-order valence-electron chi connectivity index (χ3n) is 3.52. The summed E-state index contributed by atoms with van der Waals surface area (Å²) in [7, 11) is 0. The maximum atomic E-state index is 14.0. The molecule has 126 valence electrons. The molecular formula is C18H19FN2O3. The van der Waals surface area contributed by atoms with Crippen molar-refractivity contribution in [1.29, 1.82) is 0 Å². The quantitative estimate of drug-likeness (QED) is 0.764. The van der Waals surface area contributed by atoms with Crippen LogP contribution in [-0.4, -0.2) is 18.4 Å². The van der Waals surface area contributed by atoms with Gasteiger partial charge in [-0.25, -0.2) is 4.39 Å². The van der Waals surface area contributed by atoms with Crippen molar-refractivity contribution in [3.63, 3.8) is 0 Å². The van der Waals surface area contributed by atoms with Crippen molar-refractivity contribution in [2.45, 2.75) is 19.8 Å². The van der Waals surface area contributed by atoms with Crippen LogP contribution >= 0.6 is 0 Å². The normalized spacial score (nSPS) is 10.4. The summed E-state index contributed by atoms with van der Waals surface area (Å²) < 4.78 is 19.5. The second kappa shape index (κ2) is 7.59. The summed E-state index contributed by atoms with van der Waals surface area (Å²) in [6, 6.07) is 8.45. The smallest absolute Gasteiger partial charge is 0.249 e. The molecule has 0 aromatic heterocycles. The van der Waals surface area contributed by atoms with Crippen LogP contribution in [-0.2, 0) is 0 Å². The highest BCUT2D eigenvalue weighted by molar-refractivity contribution is 6.08. The van der Waals surface area contributed by atoms with Gasteiger partial charge in [-0.2, -0.15) is 0 Å². The summed E-state index contributed by atoms with van der Waals surface area (Å²) in [4.78, 5) is 23.4. The zero-order chi connectivity index (χ0) is 17.7. The van der Waals surface area contributed by atoms with Crippen LogP contribution in [0.15, 0.2) is 36.4 Å². The number of nitrogens with two attached hydrogens (primary N) is 2. The summed E-state index contributed by atoms with van der Waals surface area (Å²) in [6.45, 7) is 2.46. The molecule has 2 aromatic rings. The first kappa shape index (κ1) is 17.5. The van der Waals surface area contributed by atoms with Gasteiger partial charge < -0.3 is 16.2 Å². The number of benzene rings is 2. The molecule has 4 N–H and O–H groups in total. The lowest BCUT2D eigenvalue weighted by atomic mass is 9.93. The van der Waals surface area contributed by atoms with Crippen molar-refractivity contribution in [3.05, 3.63) is 53.3 Å². The molecule has 0 radical (unpaired) electrons. The Labute approximate surface area is 139 Å². The minimum absolute atomic E-state index is 0.0939. The maximum Gasteiger partial charge on any atom is 0.249 e. The summed E-state index contributed by atoms with van der Waals surface area (Å²) in [6.07, 6.45) is 1.77. The molecule has 0 atom stereocenters. The van der Waals surface area contributed by atoms with Crippen molar-refractivity contribution in [1.82, 2.24) is 0 Å². The van der Waals surface area contributed by atoms with Gasteiger partial charge in [0.25, 0.3) is 0 Å². The van der Waals surface area contributed by atoms with E-state index < -0.39 is 17.6 Å². The van der Waals surface area contributed by atoms with Crippen LogP contribution in [0.4, 0.5) is 4.39 Å². The Kier molecular flexibility index (Phi) is 5.52. The van der Waals surface area contributed by atoms with E-state index in [0.717, 1.165) is 12.8 Å². The van der Waals surface area contributed by atoms with Crippen molar-refractivity contribution in [3.8, 4) is 16.9 Å². The van der Waals surface area contributed by atoms with E-state index in [4.69, 9.17) is 16.2 Å². The Bertz CT molecular complexity index is 743. The molecule has 0 fully saturated rings. The van der Waals surface area contributed by atoms with Crippen LogP contribution in [0.3, 0.4) is 0 Å². The highest BCUT2D eigenvalue weighted by Crippen LogP contribution is 2.31. The molecule has 2 rings (SSSR count). The minimum atomic E-state index is -0.731. The van der Waals surface area contributed by atoms with Crippen molar-refractivity contribution < 1.29 is 18.7 Å². The highest BCUT2D eigenvalue weighted by Gasteiger charge is 2.19.